The fourth-order valence-electron chi connectivity index (χ4n) is 1.44. The summed E-state index contributed by atoms with van der Waals surface area (Å²) in [4.78, 5) is 24.8. The van der Waals surface area contributed by atoms with Gasteiger partial charge in [-0.15, -0.1) is 4.91 Å². The van der Waals surface area contributed by atoms with Crippen LogP contribution < -0.4 is 0 Å². The van der Waals surface area contributed by atoms with Crippen LogP contribution in [0.15, 0.2) is 57.9 Å². The van der Waals surface area contributed by atoms with Crippen LogP contribution in [0.3, 0.4) is 0 Å². The topological polar surface area (TPSA) is 99.8 Å². The van der Waals surface area contributed by atoms with Crippen LogP contribution in [-0.2, 0) is 0 Å². The maximum absolute atomic E-state index is 11.0. The molecular weight excluding hydrogens is 280 g/mol. The van der Waals surface area contributed by atoms with E-state index in [1.165, 1.54) is 29.4 Å². The molecule has 20 heavy (non-hydrogen) atoms. The quantitative estimate of drug-likeness (QED) is 0.664. The van der Waals surface area contributed by atoms with Crippen molar-refractivity contribution >= 4 is 17.7 Å². The Balaban J connectivity index is 0.000000612. The summed E-state index contributed by atoms with van der Waals surface area (Å²) in [6.45, 7) is 2.01. The van der Waals surface area contributed by atoms with Gasteiger partial charge in [0.2, 0.25) is 0 Å². The summed E-state index contributed by atoms with van der Waals surface area (Å²) < 4.78 is 0. The second kappa shape index (κ2) is 7.90. The number of carboxylic acids is 1. The van der Waals surface area contributed by atoms with Gasteiger partial charge in [-0.2, -0.15) is 0 Å². The monoisotopic (exact) mass is 292 g/mol. The normalized spacial score (nSPS) is 9.25. The zero-order valence-electron chi connectivity index (χ0n) is 10.6. The van der Waals surface area contributed by atoms with E-state index in [2.05, 4.69) is 4.98 Å². The summed E-state index contributed by atoms with van der Waals surface area (Å²) in [5.74, 6) is -0.928. The maximum Gasteiger partial charge on any atom is 0.336 e. The fraction of sp³-hybridized carbons (Fsp3) is 0.0769. The van der Waals surface area contributed by atoms with E-state index in [9.17, 15) is 4.79 Å². The first-order chi connectivity index (χ1) is 9.58. The molecule has 1 aromatic heterocycles. The minimum atomic E-state index is -0.928. The molecule has 0 amide bonds. The first kappa shape index (κ1) is 15.6. The van der Waals surface area contributed by atoms with Gasteiger partial charge in [0.15, 0.2) is 5.34 Å². The molecule has 0 aliphatic carbocycles. The second-order valence-electron chi connectivity index (χ2n) is 3.68. The summed E-state index contributed by atoms with van der Waals surface area (Å²) in [7, 11) is 0. The first-order valence-electron chi connectivity index (χ1n) is 5.47. The highest BCUT2D eigenvalue weighted by Crippen LogP contribution is 2.30. The van der Waals surface area contributed by atoms with Gasteiger partial charge in [-0.1, -0.05) is 29.5 Å². The number of rotatable bonds is 3. The Morgan fingerprint density at radius 1 is 1.35 bits per heavy atom. The molecule has 0 fully saturated rings. The Hall–Kier alpha value is -2.41. The van der Waals surface area contributed by atoms with Gasteiger partial charge in [0.1, 0.15) is 0 Å². The smallest absolute Gasteiger partial charge is 0.336 e. The number of pyridine rings is 1. The zero-order chi connectivity index (χ0) is 15.0. The lowest BCUT2D eigenvalue weighted by Gasteiger charge is -2.05. The van der Waals surface area contributed by atoms with E-state index >= 15 is 0 Å². The molecule has 1 heterocycles. The SMILES string of the molecule is Cc1cccc(Sc2cnccc2C(=O)O)c1.O=NO. The Morgan fingerprint density at radius 2 is 2.05 bits per heavy atom. The molecule has 0 atom stereocenters. The second-order valence-corrected chi connectivity index (χ2v) is 4.79. The lowest BCUT2D eigenvalue weighted by Crippen LogP contribution is -1.98. The molecule has 0 aliphatic rings. The number of carbonyl (C=O) groups is 1. The predicted octanol–water partition coefficient (Wildman–Crippen LogP) is 3.38. The van der Waals surface area contributed by atoms with Crippen molar-refractivity contribution in [1.29, 1.82) is 0 Å². The molecule has 0 bridgehead atoms. The van der Waals surface area contributed by atoms with Crippen LogP contribution in [0.4, 0.5) is 0 Å². The number of aryl methyl sites for hydroxylation is 1. The summed E-state index contributed by atoms with van der Waals surface area (Å²) >= 11 is 1.41. The van der Waals surface area contributed by atoms with Crippen molar-refractivity contribution in [2.24, 2.45) is 5.34 Å². The van der Waals surface area contributed by atoms with Gasteiger partial charge in [0, 0.05) is 22.2 Å². The summed E-state index contributed by atoms with van der Waals surface area (Å²) in [6, 6.07) is 9.44. The zero-order valence-corrected chi connectivity index (χ0v) is 11.4. The molecule has 7 heteroatoms. The van der Waals surface area contributed by atoms with E-state index in [0.29, 0.717) is 4.90 Å². The standard InChI is InChI=1S/C13H11NO2S.HNO2/c1-9-3-2-4-10(7-9)17-12-8-14-6-5-11(12)13(15)16;2-1-3/h2-8H,1H3,(H,15,16);(H,2,3). The van der Waals surface area contributed by atoms with E-state index < -0.39 is 5.97 Å². The van der Waals surface area contributed by atoms with Crippen molar-refractivity contribution < 1.29 is 15.1 Å². The highest BCUT2D eigenvalue weighted by Gasteiger charge is 2.10. The molecule has 0 spiro atoms. The Morgan fingerprint density at radius 3 is 2.65 bits per heavy atom. The number of aromatic nitrogens is 1. The predicted molar refractivity (Wildman–Crippen MR) is 74.1 cm³/mol. The Kier molecular flexibility index (Phi) is 6.18. The van der Waals surface area contributed by atoms with Crippen LogP contribution >= 0.6 is 11.8 Å². The molecule has 0 aliphatic heterocycles. The van der Waals surface area contributed by atoms with Crippen molar-refractivity contribution in [1.82, 2.24) is 4.98 Å². The molecule has 104 valence electrons. The van der Waals surface area contributed by atoms with Crippen LogP contribution in [-0.4, -0.2) is 21.3 Å². The van der Waals surface area contributed by atoms with Crippen molar-refractivity contribution in [2.75, 3.05) is 0 Å². The van der Waals surface area contributed by atoms with Crippen LogP contribution in [0.25, 0.3) is 0 Å². The van der Waals surface area contributed by atoms with E-state index in [-0.39, 0.29) is 5.56 Å². The highest BCUT2D eigenvalue weighted by atomic mass is 32.2. The minimum absolute atomic E-state index is 0.284. The van der Waals surface area contributed by atoms with Gasteiger partial charge in [0.25, 0.3) is 0 Å². The number of nitrogens with zero attached hydrogens (tertiary/aromatic N) is 2. The lowest BCUT2D eigenvalue weighted by atomic mass is 10.2. The maximum atomic E-state index is 11.0. The Labute approximate surface area is 119 Å². The number of hydrogen-bond donors (Lipinski definition) is 2. The first-order valence-corrected chi connectivity index (χ1v) is 6.28. The number of benzene rings is 1. The van der Waals surface area contributed by atoms with Crippen LogP contribution in [0.1, 0.15) is 15.9 Å². The molecule has 2 N–H and O–H groups in total. The van der Waals surface area contributed by atoms with Gasteiger partial charge < -0.3 is 10.3 Å². The van der Waals surface area contributed by atoms with Crippen molar-refractivity contribution in [3.63, 3.8) is 0 Å². The molecule has 2 rings (SSSR count). The molecule has 0 unspecified atom stereocenters. The molecule has 6 nitrogen and oxygen atoms in total. The van der Waals surface area contributed by atoms with Crippen LogP contribution in [0, 0.1) is 11.8 Å². The Bertz CT molecular complexity index is 604. The fourth-order valence-corrected chi connectivity index (χ4v) is 2.47. The van der Waals surface area contributed by atoms with Gasteiger partial charge in [-0.25, -0.2) is 4.79 Å². The third-order valence-electron chi connectivity index (χ3n) is 2.23. The largest absolute Gasteiger partial charge is 0.478 e. The third kappa shape index (κ3) is 4.69. The average molecular weight is 292 g/mol. The van der Waals surface area contributed by atoms with E-state index in [0.717, 1.165) is 10.5 Å². The van der Waals surface area contributed by atoms with Crippen molar-refractivity contribution in [3.05, 3.63) is 58.8 Å². The molecule has 0 saturated heterocycles. The molecule has 1 aromatic carbocycles. The van der Waals surface area contributed by atoms with Gasteiger partial charge >= 0.3 is 5.97 Å². The van der Waals surface area contributed by atoms with Gasteiger partial charge in [-0.3, -0.25) is 4.98 Å². The van der Waals surface area contributed by atoms with E-state index in [4.69, 9.17) is 15.2 Å². The summed E-state index contributed by atoms with van der Waals surface area (Å²) in [6.07, 6.45) is 3.07. The van der Waals surface area contributed by atoms with E-state index in [1.807, 2.05) is 31.2 Å². The molecule has 0 saturated carbocycles. The average Bonchev–Trinajstić information content (AvgIpc) is 2.40. The number of carboxylic acid groups (broad SMARTS) is 1. The van der Waals surface area contributed by atoms with Crippen LogP contribution in [0.2, 0.25) is 0 Å². The number of aromatic carboxylic acids is 1. The van der Waals surface area contributed by atoms with Gasteiger partial charge in [-0.05, 0) is 25.1 Å². The van der Waals surface area contributed by atoms with Gasteiger partial charge in [0.05, 0.1) is 5.56 Å². The lowest BCUT2D eigenvalue weighted by molar-refractivity contribution is 0.0693. The number of hydrogen-bond acceptors (Lipinski definition) is 5. The van der Waals surface area contributed by atoms with Crippen molar-refractivity contribution in [3.8, 4) is 0 Å². The molecule has 2 aromatic rings. The van der Waals surface area contributed by atoms with Crippen LogP contribution in [0.5, 0.6) is 0 Å². The molecular formula is C13H12N2O4S. The molecule has 0 radical (unpaired) electrons. The van der Waals surface area contributed by atoms with Crippen molar-refractivity contribution in [2.45, 2.75) is 16.7 Å². The highest BCUT2D eigenvalue weighted by molar-refractivity contribution is 7.99. The minimum Gasteiger partial charge on any atom is -0.478 e. The summed E-state index contributed by atoms with van der Waals surface area (Å²) in [5.41, 5.74) is 1.43. The van der Waals surface area contributed by atoms with E-state index in [1.54, 1.807) is 6.20 Å². The third-order valence-corrected chi connectivity index (χ3v) is 3.27. The summed E-state index contributed by atoms with van der Waals surface area (Å²) in [5, 5.41) is 16.9.